The summed E-state index contributed by atoms with van der Waals surface area (Å²) >= 11 is 1.38. The molecule has 8 heteroatoms. The number of likely N-dealkylation sites (N-methyl/N-ethyl adjacent to an activating group) is 1. The molecule has 160 valence electrons. The molecule has 1 atom stereocenters. The number of hydrogen-bond acceptors (Lipinski definition) is 5. The minimum Gasteiger partial charge on any atom is -0.337 e. The van der Waals surface area contributed by atoms with Gasteiger partial charge in [0.15, 0.2) is 0 Å². The predicted octanol–water partition coefficient (Wildman–Crippen LogP) is 3.63. The standard InChI is InChI=1S/C23H23FN4O2S/c1-13-16-4-3-5-17(24)21(16)31-19(13)12-28(2)20(29)9-6-14-10-15-7-8-18(25)23(30)27-22(15)26-11-14/h3-6,9-11,18H,7-8,12,25H2,1-2H3,(H,26,27,30)/b9-6+/t18-/m0/s1. The molecular formula is C23H23FN4O2S. The zero-order valence-electron chi connectivity index (χ0n) is 17.3. The van der Waals surface area contributed by atoms with Crippen molar-refractivity contribution in [2.24, 2.45) is 5.73 Å². The number of anilines is 1. The lowest BCUT2D eigenvalue weighted by atomic mass is 10.1. The van der Waals surface area contributed by atoms with Crippen LogP contribution in [0.3, 0.4) is 0 Å². The van der Waals surface area contributed by atoms with E-state index in [1.807, 2.05) is 19.1 Å². The molecule has 4 rings (SSSR count). The summed E-state index contributed by atoms with van der Waals surface area (Å²) in [6, 6.07) is 6.41. The molecule has 0 bridgehead atoms. The quantitative estimate of drug-likeness (QED) is 0.609. The van der Waals surface area contributed by atoms with Crippen molar-refractivity contribution < 1.29 is 14.0 Å². The Hall–Kier alpha value is -3.10. The van der Waals surface area contributed by atoms with Gasteiger partial charge in [0, 0.05) is 24.2 Å². The number of fused-ring (bicyclic) bond motifs is 2. The van der Waals surface area contributed by atoms with E-state index in [-0.39, 0.29) is 17.6 Å². The Kier molecular flexibility index (Phi) is 5.84. The maximum absolute atomic E-state index is 14.1. The molecule has 2 amide bonds. The second-order valence-electron chi connectivity index (χ2n) is 7.71. The lowest BCUT2D eigenvalue weighted by molar-refractivity contribution is -0.125. The van der Waals surface area contributed by atoms with Crippen LogP contribution < -0.4 is 11.1 Å². The van der Waals surface area contributed by atoms with Crippen molar-refractivity contribution in [1.82, 2.24) is 9.88 Å². The van der Waals surface area contributed by atoms with Crippen molar-refractivity contribution in [2.45, 2.75) is 32.4 Å². The van der Waals surface area contributed by atoms with Crippen LogP contribution in [0.4, 0.5) is 10.2 Å². The summed E-state index contributed by atoms with van der Waals surface area (Å²) in [5.41, 5.74) is 8.47. The van der Waals surface area contributed by atoms with Crippen LogP contribution in [0, 0.1) is 12.7 Å². The summed E-state index contributed by atoms with van der Waals surface area (Å²) in [5, 5.41) is 3.62. The third kappa shape index (κ3) is 4.35. The fourth-order valence-electron chi connectivity index (χ4n) is 3.57. The monoisotopic (exact) mass is 438 g/mol. The van der Waals surface area contributed by atoms with Crippen LogP contribution in [-0.4, -0.2) is 34.8 Å². The first-order valence-corrected chi connectivity index (χ1v) is 10.8. The lowest BCUT2D eigenvalue weighted by Crippen LogP contribution is -2.34. The molecular weight excluding hydrogens is 415 g/mol. The Bertz CT molecular complexity index is 1200. The number of amides is 2. The molecule has 0 unspecified atom stereocenters. The van der Waals surface area contributed by atoms with Crippen LogP contribution in [-0.2, 0) is 22.6 Å². The van der Waals surface area contributed by atoms with Gasteiger partial charge in [-0.3, -0.25) is 9.59 Å². The first kappa shape index (κ1) is 21.1. The second-order valence-corrected chi connectivity index (χ2v) is 8.81. The summed E-state index contributed by atoms with van der Waals surface area (Å²) in [7, 11) is 1.72. The van der Waals surface area contributed by atoms with Gasteiger partial charge < -0.3 is 16.0 Å². The van der Waals surface area contributed by atoms with Gasteiger partial charge in [0.2, 0.25) is 11.8 Å². The zero-order valence-corrected chi connectivity index (χ0v) is 18.1. The molecule has 3 aromatic rings. The molecule has 2 aromatic heterocycles. The first-order valence-electron chi connectivity index (χ1n) is 9.98. The Morgan fingerprint density at radius 2 is 2.26 bits per heavy atom. The van der Waals surface area contributed by atoms with Crippen molar-refractivity contribution in [1.29, 1.82) is 0 Å². The Balaban J connectivity index is 1.47. The van der Waals surface area contributed by atoms with Crippen LogP contribution in [0.2, 0.25) is 0 Å². The topological polar surface area (TPSA) is 88.3 Å². The number of rotatable bonds is 4. The normalized spacial score (nSPS) is 16.3. The zero-order chi connectivity index (χ0) is 22.1. The van der Waals surface area contributed by atoms with E-state index in [0.29, 0.717) is 29.9 Å². The van der Waals surface area contributed by atoms with Gasteiger partial charge in [0.25, 0.3) is 0 Å². The van der Waals surface area contributed by atoms with Gasteiger partial charge in [-0.1, -0.05) is 12.1 Å². The van der Waals surface area contributed by atoms with Gasteiger partial charge in [-0.05, 0) is 60.1 Å². The van der Waals surface area contributed by atoms with Gasteiger partial charge in [0.05, 0.1) is 17.3 Å². The summed E-state index contributed by atoms with van der Waals surface area (Å²) in [4.78, 5) is 31.3. The Morgan fingerprint density at radius 1 is 1.45 bits per heavy atom. The van der Waals surface area contributed by atoms with E-state index in [1.165, 1.54) is 23.5 Å². The average Bonchev–Trinajstić information content (AvgIpc) is 2.99. The highest BCUT2D eigenvalue weighted by Crippen LogP contribution is 2.33. The lowest BCUT2D eigenvalue weighted by Gasteiger charge is -2.14. The van der Waals surface area contributed by atoms with E-state index in [9.17, 15) is 14.0 Å². The number of halogens is 1. The molecule has 0 fully saturated rings. The summed E-state index contributed by atoms with van der Waals surface area (Å²) in [5.74, 6) is -0.116. The minimum absolute atomic E-state index is 0.164. The SMILES string of the molecule is Cc1c(CN(C)C(=O)/C=C/c2cnc3c(c2)CC[C@H](N)C(=O)N3)sc2c(F)cccc12. The number of thiophene rings is 1. The second kappa shape index (κ2) is 8.56. The number of pyridine rings is 1. The predicted molar refractivity (Wildman–Crippen MR) is 121 cm³/mol. The molecule has 1 aliphatic heterocycles. The van der Waals surface area contributed by atoms with E-state index < -0.39 is 6.04 Å². The van der Waals surface area contributed by atoms with E-state index in [4.69, 9.17) is 5.73 Å². The van der Waals surface area contributed by atoms with Crippen LogP contribution >= 0.6 is 11.3 Å². The van der Waals surface area contributed by atoms with E-state index in [0.717, 1.165) is 27.0 Å². The number of benzene rings is 1. The van der Waals surface area contributed by atoms with Gasteiger partial charge in [-0.2, -0.15) is 0 Å². The van der Waals surface area contributed by atoms with Gasteiger partial charge in [-0.15, -0.1) is 11.3 Å². The Labute approximate surface area is 183 Å². The van der Waals surface area contributed by atoms with Gasteiger partial charge in [0.1, 0.15) is 11.6 Å². The third-order valence-electron chi connectivity index (χ3n) is 5.48. The van der Waals surface area contributed by atoms with E-state index >= 15 is 0 Å². The molecule has 1 aliphatic rings. The van der Waals surface area contributed by atoms with Crippen LogP contribution in [0.15, 0.2) is 36.5 Å². The maximum Gasteiger partial charge on any atom is 0.246 e. The largest absolute Gasteiger partial charge is 0.337 e. The van der Waals surface area contributed by atoms with Crippen molar-refractivity contribution >= 4 is 45.1 Å². The van der Waals surface area contributed by atoms with Crippen LogP contribution in [0.25, 0.3) is 16.2 Å². The highest BCUT2D eigenvalue weighted by atomic mass is 32.1. The number of carbonyl (C=O) groups is 2. The van der Waals surface area contributed by atoms with Crippen LogP contribution in [0.1, 0.15) is 28.0 Å². The van der Waals surface area contributed by atoms with Crippen molar-refractivity contribution in [3.05, 3.63) is 63.9 Å². The molecule has 0 saturated heterocycles. The van der Waals surface area contributed by atoms with Gasteiger partial charge >= 0.3 is 0 Å². The molecule has 31 heavy (non-hydrogen) atoms. The van der Waals surface area contributed by atoms with E-state index in [2.05, 4.69) is 10.3 Å². The number of nitrogens with one attached hydrogen (secondary N) is 1. The summed E-state index contributed by atoms with van der Waals surface area (Å²) in [6.45, 7) is 2.36. The summed E-state index contributed by atoms with van der Waals surface area (Å²) < 4.78 is 14.7. The molecule has 0 radical (unpaired) electrons. The molecule has 0 spiro atoms. The number of hydrogen-bond donors (Lipinski definition) is 2. The number of aromatic nitrogens is 1. The Morgan fingerprint density at radius 3 is 3.03 bits per heavy atom. The molecule has 1 aromatic carbocycles. The third-order valence-corrected chi connectivity index (χ3v) is 6.78. The number of aryl methyl sites for hydroxylation is 2. The molecule has 6 nitrogen and oxygen atoms in total. The van der Waals surface area contributed by atoms with Crippen molar-refractivity contribution in [3.8, 4) is 0 Å². The smallest absolute Gasteiger partial charge is 0.246 e. The number of carbonyl (C=O) groups excluding carboxylic acids is 2. The highest BCUT2D eigenvalue weighted by Gasteiger charge is 2.21. The first-order chi connectivity index (χ1) is 14.8. The number of nitrogens with two attached hydrogens (primary N) is 1. The molecule has 3 N–H and O–H groups in total. The van der Waals surface area contributed by atoms with Crippen molar-refractivity contribution in [3.63, 3.8) is 0 Å². The summed E-state index contributed by atoms with van der Waals surface area (Å²) in [6.07, 6.45) is 5.99. The van der Waals surface area contributed by atoms with Crippen molar-refractivity contribution in [2.75, 3.05) is 12.4 Å². The number of nitrogens with zero attached hydrogens (tertiary/aromatic N) is 2. The highest BCUT2D eigenvalue weighted by molar-refractivity contribution is 7.19. The fraction of sp³-hybridized carbons (Fsp3) is 0.261. The molecule has 0 saturated carbocycles. The minimum atomic E-state index is -0.547. The average molecular weight is 439 g/mol. The molecule has 3 heterocycles. The van der Waals surface area contributed by atoms with Crippen LogP contribution in [0.5, 0.6) is 0 Å². The maximum atomic E-state index is 14.1. The van der Waals surface area contributed by atoms with Gasteiger partial charge in [-0.25, -0.2) is 9.37 Å². The fourth-order valence-corrected chi connectivity index (χ4v) is 4.84. The molecule has 0 aliphatic carbocycles. The van der Waals surface area contributed by atoms with E-state index in [1.54, 1.807) is 30.3 Å².